The summed E-state index contributed by atoms with van der Waals surface area (Å²) >= 11 is 6.44. The monoisotopic (exact) mass is 484 g/mol. The highest BCUT2D eigenvalue weighted by atomic mass is 35.5. The smallest absolute Gasteiger partial charge is 0.227 e. The second-order valence-corrected chi connectivity index (χ2v) is 10.3. The van der Waals surface area contributed by atoms with Crippen LogP contribution in [0, 0.1) is 5.92 Å². The summed E-state index contributed by atoms with van der Waals surface area (Å²) in [5.41, 5.74) is 3.24. The summed E-state index contributed by atoms with van der Waals surface area (Å²) in [7, 11) is 1.70. The number of carbonyl (C=O) groups is 1. The minimum absolute atomic E-state index is 0.100. The van der Waals surface area contributed by atoms with E-state index in [0.717, 1.165) is 44.5 Å². The predicted molar refractivity (Wildman–Crippen MR) is 131 cm³/mol. The molecule has 3 aliphatic rings. The molecule has 5 rings (SSSR count). The first-order valence-corrected chi connectivity index (χ1v) is 12.6. The minimum atomic E-state index is -0.235. The molecule has 2 unspecified atom stereocenters. The van der Waals surface area contributed by atoms with Crippen molar-refractivity contribution in [2.45, 2.75) is 44.0 Å². The van der Waals surface area contributed by atoms with Crippen molar-refractivity contribution in [1.29, 1.82) is 0 Å². The maximum atomic E-state index is 13.6. The van der Waals surface area contributed by atoms with Gasteiger partial charge in [-0.3, -0.25) is 4.79 Å². The van der Waals surface area contributed by atoms with Crippen molar-refractivity contribution >= 4 is 17.5 Å². The van der Waals surface area contributed by atoms with Crippen LogP contribution in [0.25, 0.3) is 0 Å². The average Bonchev–Trinajstić information content (AvgIpc) is 3.48. The van der Waals surface area contributed by atoms with Crippen LogP contribution < -0.4 is 0 Å². The number of ether oxygens (including phenoxy) is 2. The number of hydrogen-bond donors (Lipinski definition) is 1. The van der Waals surface area contributed by atoms with Gasteiger partial charge in [0, 0.05) is 44.9 Å². The molecule has 7 heteroatoms. The predicted octanol–water partition coefficient (Wildman–Crippen LogP) is 3.97. The quantitative estimate of drug-likeness (QED) is 0.672. The number of likely N-dealkylation sites (tertiary alicyclic amines) is 2. The Morgan fingerprint density at radius 2 is 2.03 bits per heavy atom. The summed E-state index contributed by atoms with van der Waals surface area (Å²) in [5, 5.41) is 10.6. The molecule has 3 aliphatic heterocycles. The molecule has 2 aromatic rings. The van der Waals surface area contributed by atoms with Crippen LogP contribution in [0.3, 0.4) is 0 Å². The van der Waals surface area contributed by atoms with E-state index in [-0.39, 0.29) is 29.3 Å². The van der Waals surface area contributed by atoms with Crippen molar-refractivity contribution in [2.75, 3.05) is 39.8 Å². The van der Waals surface area contributed by atoms with Crippen molar-refractivity contribution < 1.29 is 19.4 Å². The maximum Gasteiger partial charge on any atom is 0.227 e. The summed E-state index contributed by atoms with van der Waals surface area (Å²) in [5.74, 6) is 0.0747. The number of piperidine rings is 1. The number of fused-ring (bicyclic) bond motifs is 2. The summed E-state index contributed by atoms with van der Waals surface area (Å²) < 4.78 is 11.8. The summed E-state index contributed by atoms with van der Waals surface area (Å²) in [4.78, 5) is 17.9. The van der Waals surface area contributed by atoms with E-state index < -0.39 is 0 Å². The first kappa shape index (κ1) is 23.6. The third-order valence-corrected chi connectivity index (χ3v) is 8.16. The van der Waals surface area contributed by atoms with Crippen LogP contribution >= 0.6 is 11.6 Å². The number of benzene rings is 2. The number of halogens is 1. The Morgan fingerprint density at radius 1 is 1.24 bits per heavy atom. The van der Waals surface area contributed by atoms with E-state index in [1.807, 2.05) is 4.90 Å². The number of methoxy groups -OCH3 is 1. The van der Waals surface area contributed by atoms with Crippen molar-refractivity contribution in [3.8, 4) is 5.75 Å². The number of hydrogen-bond acceptors (Lipinski definition) is 5. The molecular weight excluding hydrogens is 452 g/mol. The van der Waals surface area contributed by atoms with E-state index in [0.29, 0.717) is 31.1 Å². The lowest BCUT2D eigenvalue weighted by molar-refractivity contribution is -0.136. The average molecular weight is 485 g/mol. The van der Waals surface area contributed by atoms with Gasteiger partial charge in [-0.2, -0.15) is 0 Å². The molecule has 2 atom stereocenters. The number of phenolic OH excluding ortho intramolecular Hbond substituents is 1. The molecule has 0 bridgehead atoms. The zero-order chi connectivity index (χ0) is 23.7. The standard InChI is InChI=1S/C27H33ClN2O4/c1-33-23-8-11-30(17-23)26(32)21(14-20-15-22(31)6-7-25(20)28)16-29-12-9-27(10-13-29)24-5-3-2-4-19(24)18-34-27/h2-7,15,21,23,31H,8-14,16-18H2,1H3. The molecule has 0 radical (unpaired) electrons. The van der Waals surface area contributed by atoms with Gasteiger partial charge in [-0.15, -0.1) is 0 Å². The van der Waals surface area contributed by atoms with Gasteiger partial charge in [0.2, 0.25) is 5.91 Å². The Bertz CT molecular complexity index is 1040. The van der Waals surface area contributed by atoms with E-state index in [9.17, 15) is 9.90 Å². The molecule has 2 fully saturated rings. The summed E-state index contributed by atoms with van der Waals surface area (Å²) in [6, 6.07) is 13.5. The molecule has 182 valence electrons. The van der Waals surface area contributed by atoms with E-state index in [4.69, 9.17) is 21.1 Å². The van der Waals surface area contributed by atoms with Gasteiger partial charge >= 0.3 is 0 Å². The zero-order valence-corrected chi connectivity index (χ0v) is 20.5. The Kier molecular flexibility index (Phi) is 6.85. The second kappa shape index (κ2) is 9.86. The highest BCUT2D eigenvalue weighted by molar-refractivity contribution is 6.31. The van der Waals surface area contributed by atoms with Crippen LogP contribution in [0.4, 0.5) is 0 Å². The fraction of sp³-hybridized carbons (Fsp3) is 0.519. The summed E-state index contributed by atoms with van der Waals surface area (Å²) in [6.07, 6.45) is 3.32. The largest absolute Gasteiger partial charge is 0.508 e. The van der Waals surface area contributed by atoms with Crippen molar-refractivity contribution in [3.05, 3.63) is 64.2 Å². The van der Waals surface area contributed by atoms with Crippen LogP contribution in [-0.2, 0) is 32.9 Å². The van der Waals surface area contributed by atoms with Gasteiger partial charge < -0.3 is 24.4 Å². The molecule has 1 spiro atoms. The zero-order valence-electron chi connectivity index (χ0n) is 19.7. The first-order chi connectivity index (χ1) is 16.5. The van der Waals surface area contributed by atoms with Gasteiger partial charge in [-0.05, 0) is 60.6 Å². The first-order valence-electron chi connectivity index (χ1n) is 12.2. The van der Waals surface area contributed by atoms with Gasteiger partial charge in [0.1, 0.15) is 5.75 Å². The molecule has 0 saturated carbocycles. The number of amides is 1. The SMILES string of the molecule is COC1CCN(C(=O)C(Cc2cc(O)ccc2Cl)CN2CCC3(CC2)OCc2ccccc23)C1. The molecule has 34 heavy (non-hydrogen) atoms. The highest BCUT2D eigenvalue weighted by Gasteiger charge is 2.43. The Balaban J connectivity index is 1.30. The minimum Gasteiger partial charge on any atom is -0.508 e. The fourth-order valence-electron chi connectivity index (χ4n) is 5.80. The Morgan fingerprint density at radius 3 is 2.79 bits per heavy atom. The maximum absolute atomic E-state index is 13.6. The highest BCUT2D eigenvalue weighted by Crippen LogP contribution is 2.44. The number of aromatic hydroxyl groups is 1. The number of nitrogens with zero attached hydrogens (tertiary/aromatic N) is 2. The van der Waals surface area contributed by atoms with E-state index >= 15 is 0 Å². The van der Waals surface area contributed by atoms with Crippen molar-refractivity contribution in [3.63, 3.8) is 0 Å². The number of rotatable bonds is 6. The van der Waals surface area contributed by atoms with E-state index in [1.165, 1.54) is 11.1 Å². The van der Waals surface area contributed by atoms with Gasteiger partial charge in [-0.1, -0.05) is 35.9 Å². The van der Waals surface area contributed by atoms with Gasteiger partial charge in [-0.25, -0.2) is 0 Å². The molecule has 0 aliphatic carbocycles. The van der Waals surface area contributed by atoms with Crippen molar-refractivity contribution in [2.24, 2.45) is 5.92 Å². The molecule has 2 saturated heterocycles. The van der Waals surface area contributed by atoms with Gasteiger partial charge in [0.05, 0.1) is 24.2 Å². The molecule has 1 amide bonds. The van der Waals surface area contributed by atoms with E-state index in [1.54, 1.807) is 25.3 Å². The number of phenols is 1. The fourth-order valence-corrected chi connectivity index (χ4v) is 5.99. The summed E-state index contributed by atoms with van der Waals surface area (Å²) in [6.45, 7) is 4.46. The lowest BCUT2D eigenvalue weighted by atomic mass is 9.83. The van der Waals surface area contributed by atoms with Crippen LogP contribution in [0.5, 0.6) is 5.75 Å². The van der Waals surface area contributed by atoms with Crippen LogP contribution in [0.15, 0.2) is 42.5 Å². The topological polar surface area (TPSA) is 62.2 Å². The van der Waals surface area contributed by atoms with Gasteiger partial charge in [0.25, 0.3) is 0 Å². The van der Waals surface area contributed by atoms with E-state index in [2.05, 4.69) is 29.2 Å². The molecule has 3 heterocycles. The number of carbonyl (C=O) groups excluding carboxylic acids is 1. The van der Waals surface area contributed by atoms with Crippen molar-refractivity contribution in [1.82, 2.24) is 9.80 Å². The Labute approximate surface area is 206 Å². The third kappa shape index (κ3) is 4.69. The normalized spacial score (nSPS) is 22.8. The molecule has 0 aromatic heterocycles. The molecular formula is C27H33ClN2O4. The van der Waals surface area contributed by atoms with Crippen LogP contribution in [0.2, 0.25) is 5.02 Å². The molecule has 1 N–H and O–H groups in total. The molecule has 6 nitrogen and oxygen atoms in total. The van der Waals surface area contributed by atoms with Crippen LogP contribution in [0.1, 0.15) is 36.0 Å². The second-order valence-electron chi connectivity index (χ2n) is 9.85. The lowest BCUT2D eigenvalue weighted by Gasteiger charge is -2.40. The molecule has 2 aromatic carbocycles. The Hall–Kier alpha value is -2.12. The third-order valence-electron chi connectivity index (χ3n) is 7.79. The van der Waals surface area contributed by atoms with Gasteiger partial charge in [0.15, 0.2) is 0 Å². The lowest BCUT2D eigenvalue weighted by Crippen LogP contribution is -2.47. The van der Waals surface area contributed by atoms with Crippen LogP contribution in [-0.4, -0.2) is 66.8 Å².